The monoisotopic (exact) mass is 255 g/mol. The predicted molar refractivity (Wildman–Crippen MR) is 61.6 cm³/mol. The summed E-state index contributed by atoms with van der Waals surface area (Å²) in [4.78, 5) is 26.8. The van der Waals surface area contributed by atoms with Crippen LogP contribution in [-0.4, -0.2) is 43.7 Å². The lowest BCUT2D eigenvalue weighted by molar-refractivity contribution is 0.0961. The van der Waals surface area contributed by atoms with Crippen molar-refractivity contribution in [3.8, 4) is 6.01 Å². The highest BCUT2D eigenvalue weighted by Gasteiger charge is 2.17. The molecule has 0 aliphatic rings. The molecule has 2 aromatic rings. The molecule has 9 heteroatoms. The second-order valence-electron chi connectivity index (χ2n) is 3.62. The van der Waals surface area contributed by atoms with Crippen molar-refractivity contribution in [1.82, 2.24) is 19.7 Å². The Bertz CT molecular complexity index is 619. The van der Waals surface area contributed by atoms with Crippen LogP contribution >= 0.6 is 0 Å². The number of aromatic amines is 1. The van der Waals surface area contributed by atoms with Crippen LogP contribution in [0, 0.1) is 0 Å². The van der Waals surface area contributed by atoms with Crippen molar-refractivity contribution in [2.75, 3.05) is 18.7 Å². The Kier molecular flexibility index (Phi) is 3.06. The van der Waals surface area contributed by atoms with Gasteiger partial charge in [-0.1, -0.05) is 6.92 Å². The van der Waals surface area contributed by atoms with E-state index in [9.17, 15) is 10.0 Å². The first-order valence-electron chi connectivity index (χ1n) is 5.32. The van der Waals surface area contributed by atoms with Gasteiger partial charge in [-0.25, -0.2) is 5.06 Å². The van der Waals surface area contributed by atoms with Gasteiger partial charge in [0.2, 0.25) is 0 Å². The summed E-state index contributed by atoms with van der Waals surface area (Å²) in [5.74, 6) is -0.118. The van der Waals surface area contributed by atoms with E-state index < -0.39 is 11.6 Å². The largest absolute Gasteiger partial charge is 0.480 e. The molecular weight excluding hydrogens is 242 g/mol. The van der Waals surface area contributed by atoms with Crippen LogP contribution in [0.5, 0.6) is 6.01 Å². The number of hydroxylamine groups is 1. The van der Waals surface area contributed by atoms with Gasteiger partial charge >= 0.3 is 5.56 Å². The number of aromatic hydroxyl groups is 1. The zero-order valence-corrected chi connectivity index (χ0v) is 9.91. The number of H-pyrrole nitrogens is 1. The van der Waals surface area contributed by atoms with E-state index >= 15 is 0 Å². The van der Waals surface area contributed by atoms with Crippen LogP contribution in [0.25, 0.3) is 11.2 Å². The highest BCUT2D eigenvalue weighted by atomic mass is 16.7. The SMILES string of the molecule is CCCON(C)c1nc2nc(O)[nH]c2c(=O)n1O. The number of imidazole rings is 1. The second-order valence-corrected chi connectivity index (χ2v) is 3.62. The summed E-state index contributed by atoms with van der Waals surface area (Å²) in [5, 5.41) is 20.0. The summed E-state index contributed by atoms with van der Waals surface area (Å²) < 4.78 is 0.329. The van der Waals surface area contributed by atoms with Gasteiger partial charge in [-0.05, 0) is 6.42 Å². The molecule has 0 amide bonds. The first-order chi connectivity index (χ1) is 8.54. The Balaban J connectivity index is 2.51. The molecule has 2 aromatic heterocycles. The van der Waals surface area contributed by atoms with Crippen molar-refractivity contribution in [2.24, 2.45) is 0 Å². The molecule has 0 aliphatic heterocycles. The average Bonchev–Trinajstić information content (AvgIpc) is 2.71. The van der Waals surface area contributed by atoms with Crippen molar-refractivity contribution < 1.29 is 15.2 Å². The molecule has 0 fully saturated rings. The number of aromatic nitrogens is 4. The minimum Gasteiger partial charge on any atom is -0.480 e. The van der Waals surface area contributed by atoms with E-state index in [4.69, 9.17) is 9.94 Å². The molecule has 0 unspecified atom stereocenters. The van der Waals surface area contributed by atoms with Crippen LogP contribution in [0.2, 0.25) is 0 Å². The van der Waals surface area contributed by atoms with E-state index in [1.807, 2.05) is 6.92 Å². The third-order valence-corrected chi connectivity index (χ3v) is 2.24. The maximum absolute atomic E-state index is 11.7. The summed E-state index contributed by atoms with van der Waals surface area (Å²) in [6, 6.07) is -0.441. The maximum Gasteiger partial charge on any atom is 0.314 e. The van der Waals surface area contributed by atoms with Crippen molar-refractivity contribution in [2.45, 2.75) is 13.3 Å². The molecule has 0 bridgehead atoms. The fraction of sp³-hybridized carbons (Fsp3) is 0.444. The lowest BCUT2D eigenvalue weighted by Gasteiger charge is -2.17. The average molecular weight is 255 g/mol. The van der Waals surface area contributed by atoms with E-state index in [1.54, 1.807) is 0 Å². The number of rotatable bonds is 4. The Labute approximate surface area is 101 Å². The molecule has 18 heavy (non-hydrogen) atoms. The molecule has 2 heterocycles. The first kappa shape index (κ1) is 12.2. The van der Waals surface area contributed by atoms with Gasteiger partial charge in [-0.15, -0.1) is 4.73 Å². The zero-order valence-electron chi connectivity index (χ0n) is 9.91. The molecular formula is C9H13N5O4. The Morgan fingerprint density at radius 1 is 1.50 bits per heavy atom. The number of fused-ring (bicyclic) bond motifs is 1. The Morgan fingerprint density at radius 3 is 2.89 bits per heavy atom. The summed E-state index contributed by atoms with van der Waals surface area (Å²) in [7, 11) is 1.50. The molecule has 3 N–H and O–H groups in total. The third kappa shape index (κ3) is 1.95. The lowest BCUT2D eigenvalue weighted by Crippen LogP contribution is -2.29. The van der Waals surface area contributed by atoms with Gasteiger partial charge < -0.3 is 15.3 Å². The Morgan fingerprint density at radius 2 is 2.22 bits per heavy atom. The standard InChI is InChI=1S/C9H13N5O4/c1-3-4-18-13(2)9-12-6-5(7(15)14(9)17)10-8(16)11-6/h17H,3-4H2,1-2H3,(H2,10,11,16). The summed E-state index contributed by atoms with van der Waals surface area (Å²) in [5.41, 5.74) is -0.845. The number of anilines is 1. The summed E-state index contributed by atoms with van der Waals surface area (Å²) >= 11 is 0. The number of hydrogen-bond donors (Lipinski definition) is 3. The van der Waals surface area contributed by atoms with Gasteiger partial charge in [0.1, 0.15) is 0 Å². The molecule has 0 aromatic carbocycles. The van der Waals surface area contributed by atoms with Gasteiger partial charge in [0.25, 0.3) is 12.0 Å². The van der Waals surface area contributed by atoms with Crippen molar-refractivity contribution in [3.05, 3.63) is 10.4 Å². The molecule has 0 aliphatic carbocycles. The van der Waals surface area contributed by atoms with Crippen LogP contribution in [0.4, 0.5) is 5.95 Å². The molecule has 98 valence electrons. The van der Waals surface area contributed by atoms with E-state index in [2.05, 4.69) is 15.0 Å². The fourth-order valence-corrected chi connectivity index (χ4v) is 1.41. The van der Waals surface area contributed by atoms with Gasteiger partial charge in [-0.2, -0.15) is 9.97 Å². The number of nitrogens with one attached hydrogen (secondary N) is 1. The Hall–Kier alpha value is -2.29. The van der Waals surface area contributed by atoms with E-state index in [1.165, 1.54) is 7.05 Å². The predicted octanol–water partition coefficient (Wildman–Crippen LogP) is -0.160. The molecule has 0 atom stereocenters. The van der Waals surface area contributed by atoms with Crippen LogP contribution in [0.15, 0.2) is 4.79 Å². The van der Waals surface area contributed by atoms with Crippen molar-refractivity contribution in [1.29, 1.82) is 0 Å². The third-order valence-electron chi connectivity index (χ3n) is 2.24. The van der Waals surface area contributed by atoms with Gasteiger partial charge in [0, 0.05) is 7.05 Å². The minimum atomic E-state index is -0.769. The molecule has 0 radical (unpaired) electrons. The highest BCUT2D eigenvalue weighted by Crippen LogP contribution is 2.13. The maximum atomic E-state index is 11.7. The highest BCUT2D eigenvalue weighted by molar-refractivity contribution is 5.71. The molecule has 0 spiro atoms. The number of nitrogens with zero attached hydrogens (tertiary/aromatic N) is 4. The van der Waals surface area contributed by atoms with Crippen molar-refractivity contribution in [3.63, 3.8) is 0 Å². The second kappa shape index (κ2) is 4.53. The minimum absolute atomic E-state index is 0.00440. The van der Waals surface area contributed by atoms with E-state index in [-0.39, 0.29) is 17.1 Å². The fourth-order valence-electron chi connectivity index (χ4n) is 1.41. The van der Waals surface area contributed by atoms with Gasteiger partial charge in [0.15, 0.2) is 11.2 Å². The first-order valence-corrected chi connectivity index (χ1v) is 5.32. The zero-order chi connectivity index (χ0) is 13.3. The van der Waals surface area contributed by atoms with Gasteiger partial charge in [-0.3, -0.25) is 9.63 Å². The van der Waals surface area contributed by atoms with Crippen LogP contribution in [0.1, 0.15) is 13.3 Å². The topological polar surface area (TPSA) is 117 Å². The quantitative estimate of drug-likeness (QED) is 0.513. The summed E-state index contributed by atoms with van der Waals surface area (Å²) in [6.07, 6.45) is 0.769. The van der Waals surface area contributed by atoms with Crippen LogP contribution < -0.4 is 10.6 Å². The molecule has 0 saturated carbocycles. The van der Waals surface area contributed by atoms with Gasteiger partial charge in [0.05, 0.1) is 6.61 Å². The van der Waals surface area contributed by atoms with Crippen LogP contribution in [0.3, 0.4) is 0 Å². The van der Waals surface area contributed by atoms with E-state index in [0.29, 0.717) is 11.3 Å². The molecule has 9 nitrogen and oxygen atoms in total. The lowest BCUT2D eigenvalue weighted by atomic mass is 10.5. The summed E-state index contributed by atoms with van der Waals surface area (Å²) in [6.45, 7) is 2.33. The normalized spacial score (nSPS) is 11.0. The molecule has 2 rings (SSSR count). The van der Waals surface area contributed by atoms with E-state index in [0.717, 1.165) is 11.5 Å². The smallest absolute Gasteiger partial charge is 0.314 e. The van der Waals surface area contributed by atoms with Crippen LogP contribution in [-0.2, 0) is 4.84 Å². The number of hydrogen-bond acceptors (Lipinski definition) is 7. The van der Waals surface area contributed by atoms with Crippen molar-refractivity contribution >= 4 is 17.1 Å². The molecule has 0 saturated heterocycles.